The molecule has 0 amide bonds. The van der Waals surface area contributed by atoms with Gasteiger partial charge in [-0.1, -0.05) is 24.0 Å². The zero-order valence-electron chi connectivity index (χ0n) is 13.3. The summed E-state index contributed by atoms with van der Waals surface area (Å²) in [6, 6.07) is 5.37. The van der Waals surface area contributed by atoms with Gasteiger partial charge in [-0.2, -0.15) is 4.74 Å². The van der Waals surface area contributed by atoms with E-state index in [1.807, 2.05) is 31.9 Å². The summed E-state index contributed by atoms with van der Waals surface area (Å²) in [6.45, 7) is 4.04. The summed E-state index contributed by atoms with van der Waals surface area (Å²) in [7, 11) is 5.00. The fraction of sp³-hybridized carbons (Fsp3) is 0.467. The van der Waals surface area contributed by atoms with Crippen LogP contribution in [0.25, 0.3) is 0 Å². The van der Waals surface area contributed by atoms with E-state index in [0.717, 1.165) is 14.6 Å². The highest BCUT2D eigenvalue weighted by Gasteiger charge is 2.48. The highest BCUT2D eigenvalue weighted by molar-refractivity contribution is 8.24. The van der Waals surface area contributed by atoms with Crippen molar-refractivity contribution in [2.45, 2.75) is 24.8 Å². The Bertz CT molecular complexity index is 617. The molecule has 0 N–H and O–H groups in total. The van der Waals surface area contributed by atoms with Crippen LogP contribution in [0.5, 0.6) is 11.5 Å². The molecule has 120 valence electrons. The Labute approximate surface area is 140 Å². The predicted octanol–water partition coefficient (Wildman–Crippen LogP) is 2.70. The molecule has 1 atom stereocenters. The summed E-state index contributed by atoms with van der Waals surface area (Å²) in [5.74, 6) is 1.22. The molecule has 0 aromatic heterocycles. The van der Waals surface area contributed by atoms with E-state index in [9.17, 15) is 5.21 Å². The summed E-state index contributed by atoms with van der Waals surface area (Å²) in [4.78, 5) is 1.84. The van der Waals surface area contributed by atoms with Gasteiger partial charge in [0.25, 0.3) is 6.17 Å². The third-order valence-corrected chi connectivity index (χ3v) is 5.29. The number of hydrogen-bond acceptors (Lipinski definition) is 5. The number of methoxy groups -OCH3 is 2. The van der Waals surface area contributed by atoms with Crippen LogP contribution in [-0.4, -0.2) is 52.4 Å². The van der Waals surface area contributed by atoms with Crippen molar-refractivity contribution in [3.8, 4) is 11.5 Å². The Morgan fingerprint density at radius 1 is 1.32 bits per heavy atom. The van der Waals surface area contributed by atoms with E-state index in [0.29, 0.717) is 11.5 Å². The molecule has 0 radical (unpaired) electrons. The van der Waals surface area contributed by atoms with Gasteiger partial charge in [0.05, 0.1) is 14.2 Å². The molecule has 1 aliphatic heterocycles. The minimum atomic E-state index is -0.349. The van der Waals surface area contributed by atoms with Crippen molar-refractivity contribution < 1.29 is 14.2 Å². The lowest BCUT2D eigenvalue weighted by Crippen LogP contribution is -2.46. The molecule has 2 rings (SSSR count). The van der Waals surface area contributed by atoms with E-state index >= 15 is 0 Å². The lowest BCUT2D eigenvalue weighted by atomic mass is 10.1. The molecule has 0 bridgehead atoms. The predicted molar refractivity (Wildman–Crippen MR) is 94.2 cm³/mol. The number of hydroxylamine groups is 1. The average molecular weight is 340 g/mol. The smallest absolute Gasteiger partial charge is 0.254 e. The number of nitrogens with zero attached hydrogens (tertiary/aromatic N) is 2. The molecule has 1 fully saturated rings. The molecule has 0 saturated carbocycles. The molecule has 0 aliphatic carbocycles. The van der Waals surface area contributed by atoms with Gasteiger partial charge in [0.1, 0.15) is 9.07 Å². The number of rotatable bonds is 4. The molecule has 1 aliphatic rings. The van der Waals surface area contributed by atoms with Crippen molar-refractivity contribution >= 4 is 34.5 Å². The molecule has 5 nitrogen and oxygen atoms in total. The van der Waals surface area contributed by atoms with E-state index in [2.05, 4.69) is 0 Å². The monoisotopic (exact) mass is 340 g/mol. The van der Waals surface area contributed by atoms with Gasteiger partial charge in [-0.3, -0.25) is 0 Å². The second-order valence-electron chi connectivity index (χ2n) is 5.56. The van der Waals surface area contributed by atoms with Crippen molar-refractivity contribution in [2.75, 3.05) is 21.3 Å². The normalized spacial score (nSPS) is 21.1. The van der Waals surface area contributed by atoms with Gasteiger partial charge in [0, 0.05) is 12.6 Å². The van der Waals surface area contributed by atoms with Crippen LogP contribution in [0.4, 0.5) is 0 Å². The van der Waals surface area contributed by atoms with Crippen LogP contribution in [0.15, 0.2) is 18.2 Å². The first kappa shape index (κ1) is 16.9. The Morgan fingerprint density at radius 2 is 1.95 bits per heavy atom. The van der Waals surface area contributed by atoms with Crippen LogP contribution >= 0.6 is 24.0 Å². The van der Waals surface area contributed by atoms with Crippen LogP contribution in [0.3, 0.4) is 0 Å². The second-order valence-corrected chi connectivity index (χ2v) is 7.85. The molecule has 1 heterocycles. The maximum atomic E-state index is 12.6. The van der Waals surface area contributed by atoms with Crippen molar-refractivity contribution in [3.05, 3.63) is 29.0 Å². The Kier molecular flexibility index (Phi) is 4.87. The largest absolute Gasteiger partial charge is 0.622 e. The van der Waals surface area contributed by atoms with Crippen LogP contribution in [0, 0.1) is 5.21 Å². The Balaban J connectivity index is 2.34. The molecule has 1 saturated heterocycles. The number of thiocarbonyl (C=S) groups is 1. The van der Waals surface area contributed by atoms with Gasteiger partial charge in [0.15, 0.2) is 17.7 Å². The van der Waals surface area contributed by atoms with Crippen LogP contribution in [0.1, 0.15) is 19.4 Å². The van der Waals surface area contributed by atoms with Crippen molar-refractivity contribution in [3.63, 3.8) is 0 Å². The Morgan fingerprint density at radius 3 is 2.45 bits per heavy atom. The maximum absolute atomic E-state index is 12.6. The summed E-state index contributed by atoms with van der Waals surface area (Å²) in [5.41, 5.74) is 0.750. The minimum Gasteiger partial charge on any atom is -0.622 e. The standard InChI is InChI=1S/C15H20N2O3S2/c1-15(2)13(16(3)14(21)22-15)17(18)9-10-6-7-11(19-4)12(8-10)20-5/h6-9,13H,1-5H3/b17-9-/t13-/m1/s1. The molecular weight excluding hydrogens is 320 g/mol. The molecular formula is C15H20N2O3S2. The lowest BCUT2D eigenvalue weighted by molar-refractivity contribution is -0.522. The molecule has 0 unspecified atom stereocenters. The Hall–Kier alpha value is -1.47. The van der Waals surface area contributed by atoms with Gasteiger partial charge < -0.3 is 19.6 Å². The third kappa shape index (κ3) is 3.15. The van der Waals surface area contributed by atoms with Gasteiger partial charge >= 0.3 is 0 Å². The van der Waals surface area contributed by atoms with Crippen LogP contribution in [-0.2, 0) is 0 Å². The third-order valence-electron chi connectivity index (χ3n) is 3.55. The number of thioether (sulfide) groups is 1. The maximum Gasteiger partial charge on any atom is 0.254 e. The quantitative estimate of drug-likeness (QED) is 0.276. The topological polar surface area (TPSA) is 47.8 Å². The van der Waals surface area contributed by atoms with E-state index in [-0.39, 0.29) is 10.9 Å². The molecule has 0 spiro atoms. The second kappa shape index (κ2) is 6.34. The minimum absolute atomic E-state index is 0.277. The van der Waals surface area contributed by atoms with E-state index in [1.54, 1.807) is 44.3 Å². The first-order valence-electron chi connectivity index (χ1n) is 6.78. The summed E-state index contributed by atoms with van der Waals surface area (Å²) in [6.07, 6.45) is 1.21. The van der Waals surface area contributed by atoms with Crippen LogP contribution in [0.2, 0.25) is 0 Å². The molecule has 7 heteroatoms. The highest BCUT2D eigenvalue weighted by atomic mass is 32.2. The van der Waals surface area contributed by atoms with Crippen molar-refractivity contribution in [2.24, 2.45) is 0 Å². The van der Waals surface area contributed by atoms with E-state index in [1.165, 1.54) is 0 Å². The fourth-order valence-electron chi connectivity index (χ4n) is 2.54. The van der Waals surface area contributed by atoms with Gasteiger partial charge in [-0.05, 0) is 32.0 Å². The van der Waals surface area contributed by atoms with E-state index in [4.69, 9.17) is 21.7 Å². The first-order chi connectivity index (χ1) is 10.3. The zero-order chi connectivity index (χ0) is 16.5. The summed E-state index contributed by atoms with van der Waals surface area (Å²) < 4.78 is 11.9. The number of hydrogen-bond donors (Lipinski definition) is 0. The van der Waals surface area contributed by atoms with Crippen molar-refractivity contribution in [1.82, 2.24) is 4.90 Å². The number of benzene rings is 1. The lowest BCUT2D eigenvalue weighted by Gasteiger charge is -2.27. The molecule has 22 heavy (non-hydrogen) atoms. The highest BCUT2D eigenvalue weighted by Crippen LogP contribution is 2.40. The van der Waals surface area contributed by atoms with Crippen LogP contribution < -0.4 is 9.47 Å². The number of ether oxygens (including phenoxy) is 2. The zero-order valence-corrected chi connectivity index (χ0v) is 15.0. The molecule has 1 aromatic carbocycles. The van der Waals surface area contributed by atoms with E-state index < -0.39 is 0 Å². The average Bonchev–Trinajstić information content (AvgIpc) is 2.66. The first-order valence-corrected chi connectivity index (χ1v) is 8.01. The van der Waals surface area contributed by atoms with Gasteiger partial charge in [0.2, 0.25) is 0 Å². The summed E-state index contributed by atoms with van der Waals surface area (Å²) in [5, 5.41) is 12.6. The SMILES string of the molecule is COc1ccc(/C=[N+](\[O-])[C@H]2N(C)C(=S)SC2(C)C)cc1OC. The van der Waals surface area contributed by atoms with Gasteiger partial charge in [-0.15, -0.1) is 0 Å². The summed E-state index contributed by atoms with van der Waals surface area (Å²) >= 11 is 6.84. The van der Waals surface area contributed by atoms with Crippen molar-refractivity contribution in [1.29, 1.82) is 0 Å². The van der Waals surface area contributed by atoms with Gasteiger partial charge in [-0.25, -0.2) is 0 Å². The fourth-order valence-corrected chi connectivity index (χ4v) is 4.35. The molecule has 1 aromatic rings.